The number of carbonyl (C=O) groups is 1. The summed E-state index contributed by atoms with van der Waals surface area (Å²) in [5.74, 6) is 0.780. The van der Waals surface area contributed by atoms with E-state index in [1.807, 2.05) is 4.90 Å². The van der Waals surface area contributed by atoms with Crippen LogP contribution < -0.4 is 5.32 Å². The number of piperidine rings is 1. The molecule has 1 aromatic rings. The monoisotopic (exact) mass is 357 g/mol. The van der Waals surface area contributed by atoms with Gasteiger partial charge in [-0.1, -0.05) is 42.0 Å². The molecule has 2 N–H and O–H groups in total. The van der Waals surface area contributed by atoms with Crippen molar-refractivity contribution in [2.24, 2.45) is 5.92 Å². The van der Waals surface area contributed by atoms with Crippen molar-refractivity contribution < 1.29 is 9.90 Å². The van der Waals surface area contributed by atoms with Gasteiger partial charge < -0.3 is 15.3 Å². The van der Waals surface area contributed by atoms with Crippen LogP contribution in [0.15, 0.2) is 30.3 Å². The molecule has 1 aromatic carbocycles. The zero-order valence-electron chi connectivity index (χ0n) is 15.7. The Kier molecular flexibility index (Phi) is 6.83. The van der Waals surface area contributed by atoms with E-state index in [4.69, 9.17) is 0 Å². The topological polar surface area (TPSA) is 55.8 Å². The number of hydrogen-bond donors (Lipinski definition) is 2. The van der Waals surface area contributed by atoms with E-state index in [1.165, 1.54) is 11.1 Å². The molecule has 0 unspecified atom stereocenters. The van der Waals surface area contributed by atoms with E-state index in [9.17, 15) is 9.90 Å². The molecule has 26 heavy (non-hydrogen) atoms. The Balaban J connectivity index is 1.42. The van der Waals surface area contributed by atoms with Gasteiger partial charge in [-0.05, 0) is 31.2 Å². The number of aryl methyl sites for hydroxylation is 1. The minimum absolute atomic E-state index is 0.0918. The summed E-state index contributed by atoms with van der Waals surface area (Å²) in [6.45, 7) is 6.85. The average molecular weight is 357 g/mol. The standard InChI is InChI=1S/C21H31N3O2/c1-17-2-4-18(5-3-17)6-7-19-8-11-24(12-9-19)21(26)15-23-13-10-22-20(14-23)16-25/h2-7,19-20,22,25H,8-16H2,1H3/t20-/m1/s1. The maximum atomic E-state index is 12.6. The molecule has 0 radical (unpaired) electrons. The lowest BCUT2D eigenvalue weighted by atomic mass is 9.95. The normalized spacial score (nSPS) is 22.8. The second-order valence-electron chi connectivity index (χ2n) is 7.56. The number of likely N-dealkylation sites (tertiary alicyclic amines) is 1. The van der Waals surface area contributed by atoms with Gasteiger partial charge in [0, 0.05) is 38.8 Å². The van der Waals surface area contributed by atoms with Gasteiger partial charge in [-0.2, -0.15) is 0 Å². The number of aliphatic hydroxyl groups excluding tert-OH is 1. The summed E-state index contributed by atoms with van der Waals surface area (Å²) < 4.78 is 0. The van der Waals surface area contributed by atoms with Crippen LogP contribution in [0.4, 0.5) is 0 Å². The molecule has 2 aliphatic heterocycles. The lowest BCUT2D eigenvalue weighted by Crippen LogP contribution is -2.55. The Labute approximate surface area is 156 Å². The maximum Gasteiger partial charge on any atom is 0.236 e. The van der Waals surface area contributed by atoms with Gasteiger partial charge in [0.15, 0.2) is 0 Å². The van der Waals surface area contributed by atoms with E-state index in [1.54, 1.807) is 0 Å². The van der Waals surface area contributed by atoms with E-state index in [0.29, 0.717) is 12.5 Å². The molecule has 142 valence electrons. The molecule has 0 aromatic heterocycles. The Bertz CT molecular complexity index is 606. The molecule has 2 heterocycles. The molecule has 5 nitrogen and oxygen atoms in total. The van der Waals surface area contributed by atoms with Crippen LogP contribution in [-0.4, -0.2) is 72.7 Å². The van der Waals surface area contributed by atoms with Crippen molar-refractivity contribution in [3.05, 3.63) is 41.5 Å². The molecule has 5 heteroatoms. The lowest BCUT2D eigenvalue weighted by molar-refractivity contribution is -0.134. The Morgan fingerprint density at radius 2 is 1.96 bits per heavy atom. The number of carbonyl (C=O) groups excluding carboxylic acids is 1. The summed E-state index contributed by atoms with van der Waals surface area (Å²) in [4.78, 5) is 16.7. The molecular weight excluding hydrogens is 326 g/mol. The zero-order chi connectivity index (χ0) is 18.4. The number of hydrogen-bond acceptors (Lipinski definition) is 4. The SMILES string of the molecule is Cc1ccc(C=CC2CCN(C(=O)CN3CCN[C@@H](CO)C3)CC2)cc1. The highest BCUT2D eigenvalue weighted by Gasteiger charge is 2.25. The van der Waals surface area contributed by atoms with Crippen LogP contribution in [0.5, 0.6) is 0 Å². The quantitative estimate of drug-likeness (QED) is 0.839. The minimum atomic E-state index is 0.0918. The largest absolute Gasteiger partial charge is 0.395 e. The van der Waals surface area contributed by atoms with Crippen molar-refractivity contribution in [1.29, 1.82) is 0 Å². The predicted octanol–water partition coefficient (Wildman–Crippen LogP) is 1.51. The third-order valence-electron chi connectivity index (χ3n) is 5.45. The Hall–Kier alpha value is -1.69. The second kappa shape index (κ2) is 9.31. The van der Waals surface area contributed by atoms with Crippen LogP contribution in [0.3, 0.4) is 0 Å². The summed E-state index contributed by atoms with van der Waals surface area (Å²) in [6, 6.07) is 8.67. The summed E-state index contributed by atoms with van der Waals surface area (Å²) in [5, 5.41) is 12.5. The zero-order valence-corrected chi connectivity index (χ0v) is 15.7. The van der Waals surface area contributed by atoms with Crippen LogP contribution in [-0.2, 0) is 4.79 Å². The van der Waals surface area contributed by atoms with Crippen LogP contribution >= 0.6 is 0 Å². The van der Waals surface area contributed by atoms with Crippen LogP contribution in [0.2, 0.25) is 0 Å². The van der Waals surface area contributed by atoms with Gasteiger partial charge in [-0.3, -0.25) is 9.69 Å². The maximum absolute atomic E-state index is 12.6. The first-order valence-electron chi connectivity index (χ1n) is 9.73. The van der Waals surface area contributed by atoms with Crippen molar-refractivity contribution in [3.63, 3.8) is 0 Å². The molecule has 0 spiro atoms. The lowest BCUT2D eigenvalue weighted by Gasteiger charge is -2.35. The molecule has 0 bridgehead atoms. The first-order chi connectivity index (χ1) is 12.6. The highest BCUT2D eigenvalue weighted by molar-refractivity contribution is 5.78. The molecule has 0 saturated carbocycles. The smallest absolute Gasteiger partial charge is 0.236 e. The van der Waals surface area contributed by atoms with Crippen molar-refractivity contribution in [2.45, 2.75) is 25.8 Å². The third-order valence-corrected chi connectivity index (χ3v) is 5.45. The highest BCUT2D eigenvalue weighted by Crippen LogP contribution is 2.20. The average Bonchev–Trinajstić information content (AvgIpc) is 2.68. The van der Waals surface area contributed by atoms with E-state index in [-0.39, 0.29) is 18.6 Å². The van der Waals surface area contributed by atoms with Crippen molar-refractivity contribution >= 4 is 12.0 Å². The number of piperazine rings is 1. The molecule has 2 saturated heterocycles. The van der Waals surface area contributed by atoms with Crippen molar-refractivity contribution in [2.75, 3.05) is 45.9 Å². The molecule has 3 rings (SSSR count). The summed E-state index contributed by atoms with van der Waals surface area (Å²) in [6.07, 6.45) is 6.58. The molecule has 1 atom stereocenters. The number of nitrogens with one attached hydrogen (secondary N) is 1. The number of amides is 1. The van der Waals surface area contributed by atoms with Gasteiger partial charge in [-0.15, -0.1) is 0 Å². The summed E-state index contributed by atoms with van der Waals surface area (Å²) in [5.41, 5.74) is 2.52. The van der Waals surface area contributed by atoms with Crippen LogP contribution in [0, 0.1) is 12.8 Å². The van der Waals surface area contributed by atoms with Crippen LogP contribution in [0.1, 0.15) is 24.0 Å². The number of allylic oxidation sites excluding steroid dienone is 1. The number of nitrogens with zero attached hydrogens (tertiary/aromatic N) is 2. The fourth-order valence-corrected chi connectivity index (χ4v) is 3.72. The van der Waals surface area contributed by atoms with E-state index >= 15 is 0 Å². The second-order valence-corrected chi connectivity index (χ2v) is 7.56. The number of aliphatic hydroxyl groups is 1. The van der Waals surface area contributed by atoms with E-state index in [2.05, 4.69) is 53.6 Å². The fraction of sp³-hybridized carbons (Fsp3) is 0.571. The highest BCUT2D eigenvalue weighted by atomic mass is 16.3. The molecular formula is C21H31N3O2. The van der Waals surface area contributed by atoms with Gasteiger partial charge in [0.05, 0.1) is 13.2 Å². The minimum Gasteiger partial charge on any atom is -0.395 e. The predicted molar refractivity (Wildman–Crippen MR) is 105 cm³/mol. The Morgan fingerprint density at radius 3 is 2.65 bits per heavy atom. The fourth-order valence-electron chi connectivity index (χ4n) is 3.72. The number of benzene rings is 1. The van der Waals surface area contributed by atoms with Gasteiger partial charge in [0.2, 0.25) is 5.91 Å². The van der Waals surface area contributed by atoms with E-state index < -0.39 is 0 Å². The van der Waals surface area contributed by atoms with E-state index in [0.717, 1.165) is 45.6 Å². The number of rotatable bonds is 5. The van der Waals surface area contributed by atoms with Gasteiger partial charge in [-0.25, -0.2) is 0 Å². The Morgan fingerprint density at radius 1 is 1.23 bits per heavy atom. The third kappa shape index (κ3) is 5.40. The molecule has 1 amide bonds. The first kappa shape index (κ1) is 19.1. The van der Waals surface area contributed by atoms with Gasteiger partial charge >= 0.3 is 0 Å². The molecule has 2 aliphatic rings. The van der Waals surface area contributed by atoms with Gasteiger partial charge in [0.1, 0.15) is 0 Å². The molecule has 2 fully saturated rings. The summed E-state index contributed by atoms with van der Waals surface area (Å²) in [7, 11) is 0. The van der Waals surface area contributed by atoms with Crippen LogP contribution in [0.25, 0.3) is 6.08 Å². The van der Waals surface area contributed by atoms with Crippen molar-refractivity contribution in [1.82, 2.24) is 15.1 Å². The molecule has 0 aliphatic carbocycles. The summed E-state index contributed by atoms with van der Waals surface area (Å²) >= 11 is 0. The van der Waals surface area contributed by atoms with Gasteiger partial charge in [0.25, 0.3) is 0 Å². The first-order valence-corrected chi connectivity index (χ1v) is 9.73. The van der Waals surface area contributed by atoms with Crippen molar-refractivity contribution in [3.8, 4) is 0 Å².